The van der Waals surface area contributed by atoms with Crippen molar-refractivity contribution in [2.45, 2.75) is 19.5 Å². The Morgan fingerprint density at radius 3 is 3.00 bits per heavy atom. The molecule has 18 heavy (non-hydrogen) atoms. The molecule has 0 spiro atoms. The fourth-order valence-electron chi connectivity index (χ4n) is 1.96. The summed E-state index contributed by atoms with van der Waals surface area (Å²) in [5.74, 6) is -0.272. The molecule has 1 atom stereocenters. The van der Waals surface area contributed by atoms with Crippen LogP contribution in [0.5, 0.6) is 0 Å². The average Bonchev–Trinajstić information content (AvgIpc) is 2.92. The molecule has 1 aromatic rings. The molecule has 0 saturated carbocycles. The van der Waals surface area contributed by atoms with E-state index in [1.165, 1.54) is 12.0 Å². The van der Waals surface area contributed by atoms with E-state index in [0.717, 1.165) is 4.88 Å². The Kier molecular flexibility index (Phi) is 3.98. The highest BCUT2D eigenvalue weighted by Gasteiger charge is 2.32. The van der Waals surface area contributed by atoms with E-state index >= 15 is 0 Å². The van der Waals surface area contributed by atoms with E-state index in [1.54, 1.807) is 16.2 Å². The van der Waals surface area contributed by atoms with E-state index in [2.05, 4.69) is 10.1 Å². The van der Waals surface area contributed by atoms with Crippen LogP contribution in [-0.2, 0) is 14.3 Å². The summed E-state index contributed by atoms with van der Waals surface area (Å²) in [6.45, 7) is 2.74. The summed E-state index contributed by atoms with van der Waals surface area (Å²) in [6.07, 6.45) is 0.117. The van der Waals surface area contributed by atoms with Crippen LogP contribution >= 0.6 is 11.3 Å². The van der Waals surface area contributed by atoms with E-state index in [9.17, 15) is 9.59 Å². The number of nitrogens with one attached hydrogen (secondary N) is 1. The van der Waals surface area contributed by atoms with E-state index in [1.807, 2.05) is 19.1 Å². The van der Waals surface area contributed by atoms with Crippen LogP contribution in [0.25, 0.3) is 0 Å². The zero-order valence-electron chi connectivity index (χ0n) is 10.4. The normalized spacial score (nSPS) is 19.3. The number of ether oxygens (including phenoxy) is 1. The van der Waals surface area contributed by atoms with Gasteiger partial charge in [-0.1, -0.05) is 0 Å². The smallest absolute Gasteiger partial charge is 0.307 e. The predicted molar refractivity (Wildman–Crippen MR) is 68.1 cm³/mol. The lowest BCUT2D eigenvalue weighted by Gasteiger charge is -2.22. The lowest BCUT2D eigenvalue weighted by Crippen LogP contribution is -2.32. The van der Waals surface area contributed by atoms with Crippen LogP contribution in [0.1, 0.15) is 22.3 Å². The number of amides is 1. The Labute approximate surface area is 110 Å². The number of methoxy groups -OCH3 is 1. The summed E-state index contributed by atoms with van der Waals surface area (Å²) < 4.78 is 4.60. The molecule has 6 heteroatoms. The number of hydrogen-bond acceptors (Lipinski definition) is 5. The van der Waals surface area contributed by atoms with Crippen LogP contribution < -0.4 is 5.32 Å². The molecule has 1 N–H and O–H groups in total. The summed E-state index contributed by atoms with van der Waals surface area (Å²) in [6, 6.07) is 4.05. The Morgan fingerprint density at radius 1 is 1.61 bits per heavy atom. The van der Waals surface area contributed by atoms with Crippen molar-refractivity contribution >= 4 is 23.2 Å². The average molecular weight is 268 g/mol. The van der Waals surface area contributed by atoms with Crippen LogP contribution in [0.4, 0.5) is 0 Å². The highest BCUT2D eigenvalue weighted by atomic mass is 32.1. The van der Waals surface area contributed by atoms with Gasteiger partial charge in [0.25, 0.3) is 0 Å². The molecule has 98 valence electrons. The molecule has 0 radical (unpaired) electrons. The second-order valence-corrected chi connectivity index (χ2v) is 5.46. The van der Waals surface area contributed by atoms with Gasteiger partial charge in [0.05, 0.1) is 20.1 Å². The molecule has 2 heterocycles. The van der Waals surface area contributed by atoms with Crippen molar-refractivity contribution in [3.05, 3.63) is 21.9 Å². The van der Waals surface area contributed by atoms with E-state index in [-0.39, 0.29) is 24.5 Å². The molecule has 0 aromatic carbocycles. The first-order chi connectivity index (χ1) is 8.61. The molecule has 1 aliphatic heterocycles. The zero-order chi connectivity index (χ0) is 13.1. The lowest BCUT2D eigenvalue weighted by atomic mass is 10.3. The number of carbonyl (C=O) groups excluding carboxylic acids is 2. The van der Waals surface area contributed by atoms with Crippen LogP contribution in [0.3, 0.4) is 0 Å². The summed E-state index contributed by atoms with van der Waals surface area (Å²) in [7, 11) is 1.35. The summed E-state index contributed by atoms with van der Waals surface area (Å²) >= 11 is 1.66. The topological polar surface area (TPSA) is 58.6 Å². The van der Waals surface area contributed by atoms with Crippen molar-refractivity contribution in [1.82, 2.24) is 10.2 Å². The van der Waals surface area contributed by atoms with E-state index in [4.69, 9.17) is 0 Å². The van der Waals surface area contributed by atoms with Crippen LogP contribution in [-0.4, -0.2) is 37.0 Å². The molecule has 1 unspecified atom stereocenters. The maximum Gasteiger partial charge on any atom is 0.307 e. The van der Waals surface area contributed by atoms with Crippen molar-refractivity contribution in [3.63, 3.8) is 0 Å². The maximum atomic E-state index is 11.8. The standard InChI is InChI=1S/C12H16N2O3S/c1-8-3-4-9(18-8)12-13-7-10(15)14(12)6-5-11(16)17-2/h3-4,12-13H,5-7H2,1-2H3. The van der Waals surface area contributed by atoms with Gasteiger partial charge in [-0.2, -0.15) is 0 Å². The van der Waals surface area contributed by atoms with Crippen molar-refractivity contribution in [3.8, 4) is 0 Å². The second-order valence-electron chi connectivity index (χ2n) is 4.15. The Balaban J connectivity index is 2.05. The Hall–Kier alpha value is -1.40. The fourth-order valence-corrected chi connectivity index (χ4v) is 2.93. The second kappa shape index (κ2) is 5.49. The number of carbonyl (C=O) groups is 2. The minimum atomic E-state index is -0.296. The van der Waals surface area contributed by atoms with Crippen LogP contribution in [0.15, 0.2) is 12.1 Å². The SMILES string of the molecule is COC(=O)CCN1C(=O)CNC1c1ccc(C)s1. The van der Waals surface area contributed by atoms with Gasteiger partial charge in [0.1, 0.15) is 6.17 Å². The summed E-state index contributed by atoms with van der Waals surface area (Å²) in [5.41, 5.74) is 0. The van der Waals surface area contributed by atoms with Crippen LogP contribution in [0, 0.1) is 6.92 Å². The van der Waals surface area contributed by atoms with Crippen molar-refractivity contribution in [2.24, 2.45) is 0 Å². The van der Waals surface area contributed by atoms with Gasteiger partial charge in [0, 0.05) is 16.3 Å². The number of rotatable bonds is 4. The molecule has 1 amide bonds. The molecule has 1 aliphatic rings. The van der Waals surface area contributed by atoms with Gasteiger partial charge in [-0.3, -0.25) is 14.9 Å². The quantitative estimate of drug-likeness (QED) is 0.829. The van der Waals surface area contributed by atoms with Gasteiger partial charge >= 0.3 is 5.97 Å². The number of aryl methyl sites for hydroxylation is 1. The molecular weight excluding hydrogens is 252 g/mol. The molecule has 1 saturated heterocycles. The minimum Gasteiger partial charge on any atom is -0.469 e. The van der Waals surface area contributed by atoms with Gasteiger partial charge in [-0.05, 0) is 19.1 Å². The largest absolute Gasteiger partial charge is 0.469 e. The van der Waals surface area contributed by atoms with E-state index < -0.39 is 0 Å². The van der Waals surface area contributed by atoms with Crippen molar-refractivity contribution < 1.29 is 14.3 Å². The zero-order valence-corrected chi connectivity index (χ0v) is 11.3. The molecule has 1 fully saturated rings. The number of hydrogen-bond donors (Lipinski definition) is 1. The third-order valence-electron chi connectivity index (χ3n) is 2.89. The van der Waals surface area contributed by atoms with Gasteiger partial charge in [-0.15, -0.1) is 11.3 Å². The Bertz CT molecular complexity index is 458. The highest BCUT2D eigenvalue weighted by molar-refractivity contribution is 7.12. The molecule has 5 nitrogen and oxygen atoms in total. The third kappa shape index (κ3) is 2.70. The van der Waals surface area contributed by atoms with Crippen molar-refractivity contribution in [2.75, 3.05) is 20.2 Å². The maximum absolute atomic E-state index is 11.8. The van der Waals surface area contributed by atoms with Gasteiger partial charge < -0.3 is 9.64 Å². The van der Waals surface area contributed by atoms with Crippen LogP contribution in [0.2, 0.25) is 0 Å². The lowest BCUT2D eigenvalue weighted by molar-refractivity contribution is -0.141. The molecule has 0 aliphatic carbocycles. The van der Waals surface area contributed by atoms with Gasteiger partial charge in [0.15, 0.2) is 0 Å². The van der Waals surface area contributed by atoms with E-state index in [0.29, 0.717) is 13.1 Å². The fraction of sp³-hybridized carbons (Fsp3) is 0.500. The summed E-state index contributed by atoms with van der Waals surface area (Å²) in [4.78, 5) is 26.9. The predicted octanol–water partition coefficient (Wildman–Crippen LogP) is 1.05. The summed E-state index contributed by atoms with van der Waals surface area (Å²) in [5, 5.41) is 3.16. The molecule has 2 rings (SSSR count). The first-order valence-corrected chi connectivity index (χ1v) is 6.59. The molecule has 1 aromatic heterocycles. The number of nitrogens with zero attached hydrogens (tertiary/aromatic N) is 1. The minimum absolute atomic E-state index is 0.0231. The van der Waals surface area contributed by atoms with Crippen molar-refractivity contribution in [1.29, 1.82) is 0 Å². The number of thiophene rings is 1. The first kappa shape index (κ1) is 13.0. The van der Waals surface area contributed by atoms with Gasteiger partial charge in [0.2, 0.25) is 5.91 Å². The molecular formula is C12H16N2O3S. The Morgan fingerprint density at radius 2 is 2.39 bits per heavy atom. The highest BCUT2D eigenvalue weighted by Crippen LogP contribution is 2.28. The third-order valence-corrected chi connectivity index (χ3v) is 3.95. The van der Waals surface area contributed by atoms with Gasteiger partial charge in [-0.25, -0.2) is 0 Å². The number of esters is 1. The monoisotopic (exact) mass is 268 g/mol. The first-order valence-electron chi connectivity index (χ1n) is 5.78. The molecule has 0 bridgehead atoms.